The Morgan fingerprint density at radius 1 is 1.42 bits per heavy atom. The highest BCUT2D eigenvalue weighted by molar-refractivity contribution is 7.09. The lowest BCUT2D eigenvalue weighted by molar-refractivity contribution is -0.144. The molecule has 1 aromatic heterocycles. The summed E-state index contributed by atoms with van der Waals surface area (Å²) in [4.78, 5) is 15.1. The van der Waals surface area contributed by atoms with Gasteiger partial charge in [0, 0.05) is 17.5 Å². The molecular formula is C15H23NO2S. The van der Waals surface area contributed by atoms with E-state index in [9.17, 15) is 9.90 Å². The van der Waals surface area contributed by atoms with Gasteiger partial charge in [-0.1, -0.05) is 25.3 Å². The molecule has 2 unspecified atom stereocenters. The molecular weight excluding hydrogens is 258 g/mol. The van der Waals surface area contributed by atoms with Crippen LogP contribution in [0.15, 0.2) is 17.5 Å². The maximum absolute atomic E-state index is 11.4. The van der Waals surface area contributed by atoms with Gasteiger partial charge >= 0.3 is 5.97 Å². The summed E-state index contributed by atoms with van der Waals surface area (Å²) in [5.41, 5.74) is 0. The van der Waals surface area contributed by atoms with Crippen LogP contribution in [0.1, 0.15) is 37.0 Å². The molecule has 4 heteroatoms. The molecule has 0 radical (unpaired) electrons. The van der Waals surface area contributed by atoms with E-state index in [-0.39, 0.29) is 12.0 Å². The lowest BCUT2D eigenvalue weighted by Gasteiger charge is -2.31. The van der Waals surface area contributed by atoms with E-state index in [1.165, 1.54) is 11.3 Å². The van der Waals surface area contributed by atoms with Crippen molar-refractivity contribution in [3.63, 3.8) is 0 Å². The van der Waals surface area contributed by atoms with E-state index in [4.69, 9.17) is 0 Å². The quantitative estimate of drug-likeness (QED) is 0.842. The molecule has 0 amide bonds. The topological polar surface area (TPSA) is 40.5 Å². The van der Waals surface area contributed by atoms with E-state index < -0.39 is 5.97 Å². The molecule has 1 heterocycles. The largest absolute Gasteiger partial charge is 0.481 e. The molecule has 1 N–H and O–H groups in total. The number of carboxylic acids is 1. The molecule has 1 aromatic rings. The normalized spacial score (nSPS) is 24.3. The molecule has 1 aliphatic rings. The van der Waals surface area contributed by atoms with Crippen LogP contribution in [0.2, 0.25) is 0 Å². The third-order valence-electron chi connectivity index (χ3n) is 4.15. The fourth-order valence-electron chi connectivity index (χ4n) is 3.01. The van der Waals surface area contributed by atoms with Crippen LogP contribution in [0.3, 0.4) is 0 Å². The predicted molar refractivity (Wildman–Crippen MR) is 78.7 cm³/mol. The van der Waals surface area contributed by atoms with E-state index in [0.717, 1.165) is 38.6 Å². The van der Waals surface area contributed by atoms with Crippen LogP contribution in [-0.2, 0) is 11.2 Å². The van der Waals surface area contributed by atoms with Crippen molar-refractivity contribution in [3.05, 3.63) is 22.4 Å². The Hall–Kier alpha value is -0.870. The van der Waals surface area contributed by atoms with E-state index >= 15 is 0 Å². The molecule has 0 spiro atoms. The van der Waals surface area contributed by atoms with Crippen LogP contribution in [-0.4, -0.2) is 35.6 Å². The smallest absolute Gasteiger partial charge is 0.308 e. The van der Waals surface area contributed by atoms with Gasteiger partial charge in [0.15, 0.2) is 0 Å². The molecule has 0 aromatic carbocycles. The van der Waals surface area contributed by atoms with Crippen molar-refractivity contribution in [3.8, 4) is 0 Å². The van der Waals surface area contributed by atoms with E-state index in [1.807, 2.05) is 0 Å². The SMILES string of the molecule is CN(CCc1cccs1)C1CCCCCC1C(=O)O. The van der Waals surface area contributed by atoms with Crippen LogP contribution in [0.5, 0.6) is 0 Å². The molecule has 1 fully saturated rings. The number of hydrogen-bond donors (Lipinski definition) is 1. The summed E-state index contributed by atoms with van der Waals surface area (Å²) in [5.74, 6) is -0.800. The van der Waals surface area contributed by atoms with Crippen molar-refractivity contribution in [2.24, 2.45) is 5.92 Å². The maximum Gasteiger partial charge on any atom is 0.308 e. The Bertz CT molecular complexity index is 391. The minimum absolute atomic E-state index is 0.184. The highest BCUT2D eigenvalue weighted by atomic mass is 32.1. The van der Waals surface area contributed by atoms with Crippen LogP contribution in [0.4, 0.5) is 0 Å². The summed E-state index contributed by atoms with van der Waals surface area (Å²) in [7, 11) is 2.08. The van der Waals surface area contributed by atoms with E-state index in [0.29, 0.717) is 0 Å². The number of hydrogen-bond acceptors (Lipinski definition) is 3. The van der Waals surface area contributed by atoms with Gasteiger partial charge in [-0.3, -0.25) is 4.79 Å². The lowest BCUT2D eigenvalue weighted by atomic mass is 9.93. The van der Waals surface area contributed by atoms with Crippen molar-refractivity contribution >= 4 is 17.3 Å². The first kappa shape index (κ1) is 14.5. The molecule has 2 atom stereocenters. The number of thiophene rings is 1. The molecule has 0 aliphatic heterocycles. The van der Waals surface area contributed by atoms with Crippen molar-refractivity contribution in [2.75, 3.05) is 13.6 Å². The Balaban J connectivity index is 1.93. The van der Waals surface area contributed by atoms with Gasteiger partial charge < -0.3 is 10.0 Å². The van der Waals surface area contributed by atoms with Crippen LogP contribution in [0, 0.1) is 5.92 Å². The molecule has 106 valence electrons. The van der Waals surface area contributed by atoms with Gasteiger partial charge in [-0.15, -0.1) is 11.3 Å². The van der Waals surface area contributed by atoms with Gasteiger partial charge in [0.05, 0.1) is 5.92 Å². The molecule has 0 saturated heterocycles. The molecule has 2 rings (SSSR count). The molecule has 19 heavy (non-hydrogen) atoms. The molecule has 0 bridgehead atoms. The first-order chi connectivity index (χ1) is 9.18. The Morgan fingerprint density at radius 3 is 2.89 bits per heavy atom. The maximum atomic E-state index is 11.4. The number of nitrogens with zero attached hydrogens (tertiary/aromatic N) is 1. The molecule has 3 nitrogen and oxygen atoms in total. The number of likely N-dealkylation sites (N-methyl/N-ethyl adjacent to an activating group) is 1. The summed E-state index contributed by atoms with van der Waals surface area (Å²) in [6.45, 7) is 0.953. The van der Waals surface area contributed by atoms with Gasteiger partial charge in [0.25, 0.3) is 0 Å². The van der Waals surface area contributed by atoms with E-state index in [1.54, 1.807) is 11.3 Å². The zero-order chi connectivity index (χ0) is 13.7. The second-order valence-corrected chi connectivity index (χ2v) is 6.49. The number of carboxylic acid groups (broad SMARTS) is 1. The fraction of sp³-hybridized carbons (Fsp3) is 0.667. The predicted octanol–water partition coefficient (Wildman–Crippen LogP) is 3.26. The standard InChI is InChI=1S/C15H23NO2S/c1-16(10-9-12-6-5-11-19-12)14-8-4-2-3-7-13(14)15(17)18/h5-6,11,13-14H,2-4,7-10H2,1H3,(H,17,18). The third-order valence-corrected chi connectivity index (χ3v) is 5.09. The van der Waals surface area contributed by atoms with Gasteiger partial charge in [-0.05, 0) is 37.8 Å². The lowest BCUT2D eigenvalue weighted by Crippen LogP contribution is -2.41. The van der Waals surface area contributed by atoms with Gasteiger partial charge in [-0.25, -0.2) is 0 Å². The number of aliphatic carboxylic acids is 1. The minimum atomic E-state index is -0.616. The minimum Gasteiger partial charge on any atom is -0.481 e. The Labute approximate surface area is 119 Å². The third kappa shape index (κ3) is 4.05. The van der Waals surface area contributed by atoms with Crippen LogP contribution < -0.4 is 0 Å². The fourth-order valence-corrected chi connectivity index (χ4v) is 3.71. The van der Waals surface area contributed by atoms with Crippen LogP contribution >= 0.6 is 11.3 Å². The second-order valence-electron chi connectivity index (χ2n) is 5.46. The monoisotopic (exact) mass is 281 g/mol. The highest BCUT2D eigenvalue weighted by Gasteiger charge is 2.31. The highest BCUT2D eigenvalue weighted by Crippen LogP contribution is 2.27. The number of rotatable bonds is 5. The average Bonchev–Trinajstić information content (AvgIpc) is 2.77. The summed E-state index contributed by atoms with van der Waals surface area (Å²) in [6.07, 6.45) is 6.29. The zero-order valence-corrected chi connectivity index (χ0v) is 12.4. The summed E-state index contributed by atoms with van der Waals surface area (Å²) in [5, 5.41) is 11.5. The number of carbonyl (C=O) groups is 1. The summed E-state index contributed by atoms with van der Waals surface area (Å²) >= 11 is 1.78. The molecule has 1 aliphatic carbocycles. The van der Waals surface area contributed by atoms with Crippen molar-refractivity contribution in [1.82, 2.24) is 4.90 Å². The second kappa shape index (κ2) is 7.06. The van der Waals surface area contributed by atoms with Crippen molar-refractivity contribution < 1.29 is 9.90 Å². The average molecular weight is 281 g/mol. The Morgan fingerprint density at radius 2 is 2.21 bits per heavy atom. The van der Waals surface area contributed by atoms with Crippen LogP contribution in [0.25, 0.3) is 0 Å². The van der Waals surface area contributed by atoms with Gasteiger partial charge in [0.2, 0.25) is 0 Å². The van der Waals surface area contributed by atoms with Gasteiger partial charge in [0.1, 0.15) is 0 Å². The first-order valence-corrected chi connectivity index (χ1v) is 8.02. The summed E-state index contributed by atoms with van der Waals surface area (Å²) < 4.78 is 0. The van der Waals surface area contributed by atoms with Gasteiger partial charge in [-0.2, -0.15) is 0 Å². The van der Waals surface area contributed by atoms with E-state index in [2.05, 4.69) is 29.5 Å². The first-order valence-electron chi connectivity index (χ1n) is 7.14. The summed E-state index contributed by atoms with van der Waals surface area (Å²) in [6, 6.07) is 4.44. The van der Waals surface area contributed by atoms with Crippen molar-refractivity contribution in [2.45, 2.75) is 44.6 Å². The molecule has 1 saturated carbocycles. The zero-order valence-electron chi connectivity index (χ0n) is 11.5. The van der Waals surface area contributed by atoms with Crippen molar-refractivity contribution in [1.29, 1.82) is 0 Å². The Kier molecular flexibility index (Phi) is 5.40.